The summed E-state index contributed by atoms with van der Waals surface area (Å²) >= 11 is 5.46. The lowest BCUT2D eigenvalue weighted by atomic mass is 10.1. The quantitative estimate of drug-likeness (QED) is 0.743. The largest absolute Gasteiger partial charge is 0.389 e. The number of hydrogen-bond acceptors (Lipinski definition) is 4. The number of alkyl halides is 1. The molecule has 5 nitrogen and oxygen atoms in total. The van der Waals surface area contributed by atoms with Crippen LogP contribution in [-0.2, 0) is 0 Å². The molecule has 0 fully saturated rings. The summed E-state index contributed by atoms with van der Waals surface area (Å²) < 4.78 is 1.53. The first-order chi connectivity index (χ1) is 7.24. The van der Waals surface area contributed by atoms with Gasteiger partial charge in [-0.1, -0.05) is 0 Å². The Morgan fingerprint density at radius 2 is 2.27 bits per heavy atom. The van der Waals surface area contributed by atoms with Gasteiger partial charge in [-0.3, -0.25) is 0 Å². The zero-order valence-corrected chi connectivity index (χ0v) is 8.54. The Kier molecular flexibility index (Phi) is 2.86. The number of halogens is 1. The van der Waals surface area contributed by atoms with E-state index in [0.717, 1.165) is 0 Å². The predicted molar refractivity (Wildman–Crippen MR) is 54.7 cm³/mol. The molecule has 0 bridgehead atoms. The van der Waals surface area contributed by atoms with Crippen LogP contribution in [0.25, 0.3) is 5.65 Å². The van der Waals surface area contributed by atoms with Crippen molar-refractivity contribution in [2.45, 2.75) is 12.2 Å². The second-order valence-electron chi connectivity index (χ2n) is 3.15. The van der Waals surface area contributed by atoms with Gasteiger partial charge in [0.25, 0.3) is 0 Å². The Hall–Kier alpha value is -1.17. The fourth-order valence-corrected chi connectivity index (χ4v) is 1.51. The summed E-state index contributed by atoms with van der Waals surface area (Å²) in [6.07, 6.45) is 2.71. The molecule has 2 N–H and O–H groups in total. The van der Waals surface area contributed by atoms with Gasteiger partial charge in [0.15, 0.2) is 5.65 Å². The van der Waals surface area contributed by atoms with Crippen LogP contribution in [0.1, 0.15) is 11.7 Å². The molecule has 2 atom stereocenters. The van der Waals surface area contributed by atoms with Gasteiger partial charge in [0, 0.05) is 18.0 Å². The van der Waals surface area contributed by atoms with Gasteiger partial charge in [-0.15, -0.1) is 11.6 Å². The second-order valence-corrected chi connectivity index (χ2v) is 3.46. The highest BCUT2D eigenvalue weighted by Crippen LogP contribution is 2.20. The van der Waals surface area contributed by atoms with Crippen molar-refractivity contribution in [1.82, 2.24) is 14.6 Å². The number of rotatable bonds is 3. The third-order valence-electron chi connectivity index (χ3n) is 2.15. The number of aromatic nitrogens is 3. The molecule has 0 aliphatic heterocycles. The van der Waals surface area contributed by atoms with Crippen molar-refractivity contribution in [3.63, 3.8) is 0 Å². The molecule has 2 rings (SSSR count). The van der Waals surface area contributed by atoms with Gasteiger partial charge in [0.05, 0.1) is 18.2 Å². The standard InChI is InChI=1S/C9H10ClN3O2/c10-4-7(14)8(15)6-5-12-13-3-1-2-11-9(6)13/h1-3,5,7-8,14-15H,4H2. The maximum atomic E-state index is 9.75. The van der Waals surface area contributed by atoms with Crippen LogP contribution in [0.3, 0.4) is 0 Å². The summed E-state index contributed by atoms with van der Waals surface area (Å²) in [6, 6.07) is 1.73. The molecule has 80 valence electrons. The van der Waals surface area contributed by atoms with Crippen LogP contribution >= 0.6 is 11.6 Å². The first-order valence-electron chi connectivity index (χ1n) is 4.44. The van der Waals surface area contributed by atoms with Crippen molar-refractivity contribution < 1.29 is 10.2 Å². The smallest absolute Gasteiger partial charge is 0.160 e. The highest BCUT2D eigenvalue weighted by atomic mass is 35.5. The highest BCUT2D eigenvalue weighted by Gasteiger charge is 2.21. The van der Waals surface area contributed by atoms with Crippen LogP contribution in [0.15, 0.2) is 24.7 Å². The molecule has 0 saturated carbocycles. The van der Waals surface area contributed by atoms with Crippen molar-refractivity contribution in [3.05, 3.63) is 30.2 Å². The highest BCUT2D eigenvalue weighted by molar-refractivity contribution is 6.18. The Bertz CT molecular complexity index is 459. The monoisotopic (exact) mass is 227 g/mol. The number of nitrogens with zero attached hydrogens (tertiary/aromatic N) is 3. The van der Waals surface area contributed by atoms with Crippen molar-refractivity contribution in [1.29, 1.82) is 0 Å². The first-order valence-corrected chi connectivity index (χ1v) is 4.98. The molecule has 2 aromatic heterocycles. The van der Waals surface area contributed by atoms with E-state index in [1.165, 1.54) is 10.7 Å². The third-order valence-corrected chi connectivity index (χ3v) is 2.46. The average Bonchev–Trinajstić information content (AvgIpc) is 2.70. The topological polar surface area (TPSA) is 70.7 Å². The van der Waals surface area contributed by atoms with Crippen molar-refractivity contribution in [3.8, 4) is 0 Å². The van der Waals surface area contributed by atoms with E-state index in [2.05, 4.69) is 10.1 Å². The van der Waals surface area contributed by atoms with E-state index < -0.39 is 12.2 Å². The molecule has 0 radical (unpaired) electrons. The van der Waals surface area contributed by atoms with Crippen LogP contribution in [0, 0.1) is 0 Å². The summed E-state index contributed by atoms with van der Waals surface area (Å²) in [4.78, 5) is 4.07. The fraction of sp³-hybridized carbons (Fsp3) is 0.333. The molecule has 0 spiro atoms. The average molecular weight is 228 g/mol. The molecule has 2 unspecified atom stereocenters. The minimum absolute atomic E-state index is 0.0364. The van der Waals surface area contributed by atoms with Crippen molar-refractivity contribution >= 4 is 17.2 Å². The Balaban J connectivity index is 2.43. The predicted octanol–water partition coefficient (Wildman–Crippen LogP) is 0.362. The van der Waals surface area contributed by atoms with Crippen LogP contribution in [0.4, 0.5) is 0 Å². The molecule has 0 aromatic carbocycles. The number of hydrogen-bond donors (Lipinski definition) is 2. The molecule has 0 aliphatic rings. The Labute approximate surface area is 90.9 Å². The zero-order valence-electron chi connectivity index (χ0n) is 7.79. The van der Waals surface area contributed by atoms with Gasteiger partial charge in [-0.05, 0) is 6.07 Å². The summed E-state index contributed by atoms with van der Waals surface area (Å²) in [7, 11) is 0. The normalized spacial score (nSPS) is 15.4. The van der Waals surface area contributed by atoms with Crippen LogP contribution in [0.2, 0.25) is 0 Å². The molecular formula is C9H10ClN3O2. The van der Waals surface area contributed by atoms with E-state index in [-0.39, 0.29) is 5.88 Å². The molecule has 0 aliphatic carbocycles. The zero-order chi connectivity index (χ0) is 10.8. The van der Waals surface area contributed by atoms with Crippen LogP contribution < -0.4 is 0 Å². The fourth-order valence-electron chi connectivity index (χ4n) is 1.35. The molecule has 6 heteroatoms. The summed E-state index contributed by atoms with van der Waals surface area (Å²) in [6.45, 7) is 0. The second kappa shape index (κ2) is 4.14. The van der Waals surface area contributed by atoms with E-state index in [1.807, 2.05) is 0 Å². The minimum Gasteiger partial charge on any atom is -0.389 e. The van der Waals surface area contributed by atoms with E-state index in [4.69, 9.17) is 11.6 Å². The van der Waals surface area contributed by atoms with E-state index in [1.54, 1.807) is 18.5 Å². The molecule has 0 saturated heterocycles. The maximum Gasteiger partial charge on any atom is 0.160 e. The van der Waals surface area contributed by atoms with E-state index in [9.17, 15) is 10.2 Å². The maximum absolute atomic E-state index is 9.75. The lowest BCUT2D eigenvalue weighted by Crippen LogP contribution is -2.19. The summed E-state index contributed by atoms with van der Waals surface area (Å²) in [5.41, 5.74) is 0.998. The van der Waals surface area contributed by atoms with Crippen LogP contribution in [-0.4, -0.2) is 36.8 Å². The van der Waals surface area contributed by atoms with Crippen LogP contribution in [0.5, 0.6) is 0 Å². The van der Waals surface area contributed by atoms with Gasteiger partial charge in [0.1, 0.15) is 6.10 Å². The van der Waals surface area contributed by atoms with Gasteiger partial charge < -0.3 is 10.2 Å². The lowest BCUT2D eigenvalue weighted by Gasteiger charge is -2.13. The first kappa shape index (κ1) is 10.4. The van der Waals surface area contributed by atoms with Crippen molar-refractivity contribution in [2.75, 3.05) is 5.88 Å². The SMILES string of the molecule is OC(CCl)C(O)c1cnn2cccnc12. The van der Waals surface area contributed by atoms with E-state index >= 15 is 0 Å². The van der Waals surface area contributed by atoms with Gasteiger partial charge in [-0.25, -0.2) is 9.50 Å². The Morgan fingerprint density at radius 3 is 3.00 bits per heavy atom. The number of fused-ring (bicyclic) bond motifs is 1. The minimum atomic E-state index is -1.06. The van der Waals surface area contributed by atoms with Crippen molar-refractivity contribution in [2.24, 2.45) is 0 Å². The third kappa shape index (κ3) is 1.81. The Morgan fingerprint density at radius 1 is 1.47 bits per heavy atom. The van der Waals surface area contributed by atoms with Gasteiger partial charge in [0.2, 0.25) is 0 Å². The molecule has 0 amide bonds. The molecule has 2 aromatic rings. The lowest BCUT2D eigenvalue weighted by molar-refractivity contribution is 0.0335. The summed E-state index contributed by atoms with van der Waals surface area (Å²) in [5, 5.41) is 23.2. The summed E-state index contributed by atoms with van der Waals surface area (Å²) in [5.74, 6) is -0.0364. The van der Waals surface area contributed by atoms with Gasteiger partial charge in [-0.2, -0.15) is 5.10 Å². The molecular weight excluding hydrogens is 218 g/mol. The van der Waals surface area contributed by atoms with Gasteiger partial charge >= 0.3 is 0 Å². The van der Waals surface area contributed by atoms with E-state index in [0.29, 0.717) is 11.2 Å². The number of aliphatic hydroxyl groups excluding tert-OH is 2. The molecule has 2 heterocycles. The molecule has 15 heavy (non-hydrogen) atoms. The number of aliphatic hydroxyl groups is 2.